The Morgan fingerprint density at radius 2 is 1.52 bits per heavy atom. The van der Waals surface area contributed by atoms with Crippen molar-refractivity contribution in [3.8, 4) is 5.75 Å². The molecule has 0 bridgehead atoms. The summed E-state index contributed by atoms with van der Waals surface area (Å²) in [6.07, 6.45) is 0. The third kappa shape index (κ3) is 3.05. The maximum atomic E-state index is 14.2. The molecule has 0 aliphatic carbocycles. The number of methoxy groups -OCH3 is 1. The van der Waals surface area contributed by atoms with Crippen LogP contribution in [0.15, 0.2) is 12.1 Å². The summed E-state index contributed by atoms with van der Waals surface area (Å²) in [7, 11) is 0.331. The van der Waals surface area contributed by atoms with Crippen molar-refractivity contribution in [2.45, 2.75) is 38.9 Å². The Balaban J connectivity index is 2.30. The number of ether oxygens (including phenoxy) is 2. The summed E-state index contributed by atoms with van der Waals surface area (Å²) in [5, 5.41) is 0. The van der Waals surface area contributed by atoms with Gasteiger partial charge in [0.2, 0.25) is 0 Å². The number of hydrogen-bond acceptors (Lipinski definition) is 4. The summed E-state index contributed by atoms with van der Waals surface area (Å²) in [4.78, 5) is 0. The van der Waals surface area contributed by atoms with E-state index in [9.17, 15) is 8.78 Å². The highest BCUT2D eigenvalue weighted by atomic mass is 19.1. The summed E-state index contributed by atoms with van der Waals surface area (Å²) < 4.78 is 49.4. The first-order valence-corrected chi connectivity index (χ1v) is 6.64. The monoisotopic (exact) mass is 300 g/mol. The Morgan fingerprint density at radius 3 is 1.95 bits per heavy atom. The molecule has 1 aliphatic heterocycles. The first-order chi connectivity index (χ1) is 9.68. The minimum absolute atomic E-state index is 0.0483. The zero-order chi connectivity index (χ0) is 15.8. The maximum absolute atomic E-state index is 14.2. The van der Waals surface area contributed by atoms with Gasteiger partial charge in [0, 0.05) is 19.2 Å². The van der Waals surface area contributed by atoms with E-state index in [4.69, 9.17) is 18.8 Å². The van der Waals surface area contributed by atoms with E-state index < -0.39 is 30.0 Å². The quantitative estimate of drug-likeness (QED) is 0.631. The second-order valence-electron chi connectivity index (χ2n) is 5.94. The van der Waals surface area contributed by atoms with Crippen LogP contribution in [0.5, 0.6) is 5.75 Å². The number of benzene rings is 1. The predicted octanol–water partition coefficient (Wildman–Crippen LogP) is 2.25. The van der Waals surface area contributed by atoms with Crippen molar-refractivity contribution < 1.29 is 27.6 Å². The summed E-state index contributed by atoms with van der Waals surface area (Å²) in [6.45, 7) is 7.18. The highest BCUT2D eigenvalue weighted by Crippen LogP contribution is 2.37. The van der Waals surface area contributed by atoms with E-state index in [1.165, 1.54) is 7.11 Å². The lowest BCUT2D eigenvalue weighted by Gasteiger charge is -2.32. The largest absolute Gasteiger partial charge is 0.500 e. The van der Waals surface area contributed by atoms with E-state index in [2.05, 4.69) is 0 Å². The van der Waals surface area contributed by atoms with E-state index in [0.717, 1.165) is 12.1 Å². The van der Waals surface area contributed by atoms with Gasteiger partial charge >= 0.3 is 7.12 Å². The van der Waals surface area contributed by atoms with Gasteiger partial charge in [-0.05, 0) is 27.7 Å². The van der Waals surface area contributed by atoms with Crippen molar-refractivity contribution >= 4 is 12.6 Å². The molecule has 0 saturated carbocycles. The normalized spacial score (nSPS) is 19.9. The van der Waals surface area contributed by atoms with Gasteiger partial charge in [-0.15, -0.1) is 0 Å². The van der Waals surface area contributed by atoms with Gasteiger partial charge in [0.25, 0.3) is 0 Å². The van der Waals surface area contributed by atoms with Crippen molar-refractivity contribution in [3.63, 3.8) is 0 Å². The van der Waals surface area contributed by atoms with Crippen LogP contribution in [0.2, 0.25) is 0 Å². The van der Waals surface area contributed by atoms with E-state index >= 15 is 0 Å². The van der Waals surface area contributed by atoms with Crippen LogP contribution >= 0.6 is 0 Å². The molecule has 1 aliphatic rings. The first kappa shape index (κ1) is 16.2. The number of halogens is 2. The molecule has 1 heterocycles. The summed E-state index contributed by atoms with van der Waals surface area (Å²) in [6, 6.07) is 2.17. The van der Waals surface area contributed by atoms with Crippen molar-refractivity contribution in [2.75, 3.05) is 13.9 Å². The lowest BCUT2D eigenvalue weighted by molar-refractivity contribution is 0.00578. The highest BCUT2D eigenvalue weighted by Gasteiger charge is 2.53. The van der Waals surface area contributed by atoms with Crippen molar-refractivity contribution in [3.05, 3.63) is 23.8 Å². The number of rotatable bonds is 4. The molecular formula is C14H19BF2O4. The zero-order valence-corrected chi connectivity index (χ0v) is 12.8. The lowest BCUT2D eigenvalue weighted by Crippen LogP contribution is -2.41. The van der Waals surface area contributed by atoms with Crippen LogP contribution in [0.3, 0.4) is 0 Å². The topological polar surface area (TPSA) is 36.9 Å². The van der Waals surface area contributed by atoms with E-state index in [1.54, 1.807) is 0 Å². The molecular weight excluding hydrogens is 281 g/mol. The van der Waals surface area contributed by atoms with E-state index in [1.807, 2.05) is 27.7 Å². The van der Waals surface area contributed by atoms with Crippen molar-refractivity contribution in [2.24, 2.45) is 0 Å². The van der Waals surface area contributed by atoms with Gasteiger partial charge in [-0.25, -0.2) is 8.78 Å². The Bertz CT molecular complexity index is 495. The third-order valence-electron chi connectivity index (χ3n) is 3.88. The molecule has 7 heteroatoms. The fourth-order valence-electron chi connectivity index (χ4n) is 1.96. The van der Waals surface area contributed by atoms with Crippen LogP contribution in [-0.4, -0.2) is 32.2 Å². The molecule has 0 radical (unpaired) electrons. The first-order valence-electron chi connectivity index (χ1n) is 6.64. The fraction of sp³-hybridized carbons (Fsp3) is 0.571. The second kappa shape index (κ2) is 5.55. The Kier molecular flexibility index (Phi) is 4.28. The molecule has 0 unspecified atom stereocenters. The van der Waals surface area contributed by atoms with Crippen LogP contribution in [-0.2, 0) is 14.0 Å². The van der Waals surface area contributed by atoms with Gasteiger partial charge in [0.1, 0.15) is 17.4 Å². The molecule has 0 amide bonds. The molecule has 1 aromatic rings. The van der Waals surface area contributed by atoms with Crippen LogP contribution < -0.4 is 10.2 Å². The Labute approximate surface area is 123 Å². The minimum Gasteiger partial charge on any atom is -0.467 e. The smallest absolute Gasteiger partial charge is 0.467 e. The molecule has 0 aromatic heterocycles. The molecule has 1 aromatic carbocycles. The summed E-state index contributed by atoms with van der Waals surface area (Å²) in [5.74, 6) is -1.51. The molecule has 1 fully saturated rings. The van der Waals surface area contributed by atoms with Crippen LogP contribution in [0.25, 0.3) is 0 Å². The molecule has 21 heavy (non-hydrogen) atoms. The third-order valence-corrected chi connectivity index (χ3v) is 3.88. The number of hydrogen-bond donors (Lipinski definition) is 0. The van der Waals surface area contributed by atoms with Crippen LogP contribution in [0, 0.1) is 11.6 Å². The molecule has 0 atom stereocenters. The van der Waals surface area contributed by atoms with E-state index in [-0.39, 0.29) is 18.0 Å². The molecule has 0 N–H and O–H groups in total. The Morgan fingerprint density at radius 1 is 1.05 bits per heavy atom. The molecule has 2 rings (SSSR count). The highest BCUT2D eigenvalue weighted by molar-refractivity contribution is 6.62. The Hall–Kier alpha value is -1.18. The van der Waals surface area contributed by atoms with Gasteiger partial charge < -0.3 is 18.8 Å². The average Bonchev–Trinajstić information content (AvgIpc) is 2.54. The van der Waals surface area contributed by atoms with Gasteiger partial charge in [-0.2, -0.15) is 0 Å². The van der Waals surface area contributed by atoms with Gasteiger partial charge in [0.05, 0.1) is 16.7 Å². The van der Waals surface area contributed by atoms with Crippen LogP contribution in [0.1, 0.15) is 27.7 Å². The fourth-order valence-corrected chi connectivity index (χ4v) is 1.96. The molecule has 116 valence electrons. The molecule has 0 spiro atoms. The van der Waals surface area contributed by atoms with Crippen LogP contribution in [0.4, 0.5) is 8.78 Å². The standard InChI is InChI=1S/C14H19BF2O4/c1-13(2)14(3,4)21-15(20-13)12-10(16)6-9(7-11(12)17)19-8-18-5/h6-7H,8H2,1-5H3. The SMILES string of the molecule is COCOc1cc(F)c(B2OC(C)(C)C(C)(C)O2)c(F)c1. The summed E-state index contributed by atoms with van der Waals surface area (Å²) >= 11 is 0. The second-order valence-corrected chi connectivity index (χ2v) is 5.94. The lowest BCUT2D eigenvalue weighted by atomic mass is 9.78. The van der Waals surface area contributed by atoms with Crippen molar-refractivity contribution in [1.82, 2.24) is 0 Å². The molecule has 1 saturated heterocycles. The maximum Gasteiger partial charge on any atom is 0.500 e. The van der Waals surface area contributed by atoms with Crippen molar-refractivity contribution in [1.29, 1.82) is 0 Å². The zero-order valence-electron chi connectivity index (χ0n) is 12.8. The van der Waals surface area contributed by atoms with Gasteiger partial charge in [0.15, 0.2) is 6.79 Å². The van der Waals surface area contributed by atoms with Gasteiger partial charge in [-0.1, -0.05) is 0 Å². The molecule has 4 nitrogen and oxygen atoms in total. The predicted molar refractivity (Wildman–Crippen MR) is 74.6 cm³/mol. The van der Waals surface area contributed by atoms with Gasteiger partial charge in [-0.3, -0.25) is 0 Å². The average molecular weight is 300 g/mol. The summed E-state index contributed by atoms with van der Waals surface area (Å²) in [5.41, 5.74) is -1.58. The van der Waals surface area contributed by atoms with E-state index in [0.29, 0.717) is 0 Å². The minimum atomic E-state index is -1.09.